The fourth-order valence-corrected chi connectivity index (χ4v) is 4.06. The Kier molecular flexibility index (Phi) is 4.67. The molecule has 2 aromatic heterocycles. The molecule has 2 aliphatic heterocycles. The number of aromatic amines is 1. The molecule has 0 spiro atoms. The first-order chi connectivity index (χ1) is 12.6. The maximum absolute atomic E-state index is 13.4. The Labute approximate surface area is 153 Å². The van der Waals surface area contributed by atoms with Gasteiger partial charge in [0.2, 0.25) is 5.91 Å². The molecule has 4 rings (SSSR count). The summed E-state index contributed by atoms with van der Waals surface area (Å²) in [6, 6.07) is 1.94. The molecule has 0 unspecified atom stereocenters. The third kappa shape index (κ3) is 3.46. The van der Waals surface area contributed by atoms with Crippen LogP contribution in [0.2, 0.25) is 0 Å². The van der Waals surface area contributed by atoms with Crippen LogP contribution in [0.1, 0.15) is 31.2 Å². The zero-order valence-electron chi connectivity index (χ0n) is 15.3. The quantitative estimate of drug-likeness (QED) is 0.841. The number of H-pyrrole nitrogens is 1. The normalized spacial score (nSPS) is 20.4. The van der Waals surface area contributed by atoms with E-state index in [1.54, 1.807) is 4.68 Å². The molecule has 1 amide bonds. The third-order valence-corrected chi connectivity index (χ3v) is 5.55. The molecule has 0 radical (unpaired) electrons. The summed E-state index contributed by atoms with van der Waals surface area (Å²) in [5.41, 5.74) is 0.632. The summed E-state index contributed by atoms with van der Waals surface area (Å²) in [6.07, 6.45) is 9.50. The SMILES string of the molecule is Cn1ccc(NC2(C(=O)N3CCCC3)CCN(Cc3cn[nH]c3)CC2)n1. The van der Waals surface area contributed by atoms with E-state index in [9.17, 15) is 4.79 Å². The zero-order valence-corrected chi connectivity index (χ0v) is 15.3. The lowest BCUT2D eigenvalue weighted by Gasteiger charge is -2.43. The average molecular weight is 357 g/mol. The summed E-state index contributed by atoms with van der Waals surface area (Å²) in [6.45, 7) is 4.38. The Morgan fingerprint density at radius 1 is 1.27 bits per heavy atom. The Balaban J connectivity index is 1.49. The second-order valence-corrected chi connectivity index (χ2v) is 7.46. The highest BCUT2D eigenvalue weighted by Crippen LogP contribution is 2.30. The van der Waals surface area contributed by atoms with E-state index in [-0.39, 0.29) is 5.91 Å². The lowest BCUT2D eigenvalue weighted by molar-refractivity contribution is -0.136. The van der Waals surface area contributed by atoms with Gasteiger partial charge in [0, 0.05) is 63.8 Å². The van der Waals surface area contributed by atoms with Gasteiger partial charge in [-0.05, 0) is 25.7 Å². The molecule has 2 N–H and O–H groups in total. The number of carbonyl (C=O) groups is 1. The monoisotopic (exact) mass is 357 g/mol. The number of piperidine rings is 1. The number of likely N-dealkylation sites (tertiary alicyclic amines) is 2. The predicted molar refractivity (Wildman–Crippen MR) is 98.5 cm³/mol. The van der Waals surface area contributed by atoms with Crippen molar-refractivity contribution in [3.63, 3.8) is 0 Å². The van der Waals surface area contributed by atoms with Crippen LogP contribution >= 0.6 is 0 Å². The smallest absolute Gasteiger partial charge is 0.248 e. The number of aromatic nitrogens is 4. The van der Waals surface area contributed by atoms with Gasteiger partial charge in [-0.3, -0.25) is 19.5 Å². The molecule has 2 saturated heterocycles. The number of carbonyl (C=O) groups excluding carboxylic acids is 1. The number of hydrogen-bond acceptors (Lipinski definition) is 5. The first kappa shape index (κ1) is 17.1. The molecule has 4 heterocycles. The molecule has 8 nitrogen and oxygen atoms in total. The summed E-state index contributed by atoms with van der Waals surface area (Å²) in [4.78, 5) is 17.8. The van der Waals surface area contributed by atoms with Gasteiger partial charge in [0.25, 0.3) is 0 Å². The van der Waals surface area contributed by atoms with Crippen molar-refractivity contribution in [2.24, 2.45) is 7.05 Å². The van der Waals surface area contributed by atoms with E-state index in [0.717, 1.165) is 64.2 Å². The van der Waals surface area contributed by atoms with Crippen LogP contribution in [-0.4, -0.2) is 67.4 Å². The highest BCUT2D eigenvalue weighted by molar-refractivity contribution is 5.89. The fourth-order valence-electron chi connectivity index (χ4n) is 4.06. The van der Waals surface area contributed by atoms with Gasteiger partial charge >= 0.3 is 0 Å². The Hall–Kier alpha value is -2.35. The van der Waals surface area contributed by atoms with E-state index in [1.165, 1.54) is 5.56 Å². The molecule has 26 heavy (non-hydrogen) atoms. The standard InChI is InChI=1S/C18H27N7O/c1-23-9-4-16(22-23)21-18(17(26)25-7-2-3-8-25)5-10-24(11-6-18)14-15-12-19-20-13-15/h4,9,12-13H,2-3,5-8,10-11,14H2,1H3,(H,19,20)(H,21,22). The number of amides is 1. The van der Waals surface area contributed by atoms with Crippen molar-refractivity contribution < 1.29 is 4.79 Å². The van der Waals surface area contributed by atoms with Crippen LogP contribution in [0.4, 0.5) is 5.82 Å². The molecule has 0 aliphatic carbocycles. The Morgan fingerprint density at radius 3 is 2.65 bits per heavy atom. The molecule has 0 saturated carbocycles. The van der Waals surface area contributed by atoms with E-state index >= 15 is 0 Å². The van der Waals surface area contributed by atoms with Crippen molar-refractivity contribution in [3.05, 3.63) is 30.2 Å². The number of rotatable bonds is 5. The topological polar surface area (TPSA) is 82.1 Å². The van der Waals surface area contributed by atoms with Crippen molar-refractivity contribution in [2.75, 3.05) is 31.5 Å². The van der Waals surface area contributed by atoms with Gasteiger partial charge in [-0.25, -0.2) is 0 Å². The Bertz CT molecular complexity index is 725. The number of hydrogen-bond donors (Lipinski definition) is 2. The van der Waals surface area contributed by atoms with E-state index in [2.05, 4.69) is 25.5 Å². The van der Waals surface area contributed by atoms with E-state index in [0.29, 0.717) is 0 Å². The third-order valence-electron chi connectivity index (χ3n) is 5.55. The van der Waals surface area contributed by atoms with Crippen LogP contribution in [0.25, 0.3) is 0 Å². The van der Waals surface area contributed by atoms with Crippen molar-refractivity contribution in [2.45, 2.75) is 37.8 Å². The van der Waals surface area contributed by atoms with Gasteiger partial charge in [-0.15, -0.1) is 0 Å². The summed E-state index contributed by atoms with van der Waals surface area (Å²) in [5.74, 6) is 1.02. The van der Waals surface area contributed by atoms with Crippen LogP contribution in [0, 0.1) is 0 Å². The minimum absolute atomic E-state index is 0.239. The molecular weight excluding hydrogens is 330 g/mol. The minimum Gasteiger partial charge on any atom is -0.354 e. The average Bonchev–Trinajstić information content (AvgIpc) is 3.39. The van der Waals surface area contributed by atoms with Gasteiger partial charge in [-0.2, -0.15) is 10.2 Å². The lowest BCUT2D eigenvalue weighted by Crippen LogP contribution is -2.58. The number of aryl methyl sites for hydroxylation is 1. The molecule has 140 valence electrons. The molecule has 2 fully saturated rings. The molecule has 2 aromatic rings. The largest absolute Gasteiger partial charge is 0.354 e. The van der Waals surface area contributed by atoms with Gasteiger partial charge in [0.1, 0.15) is 11.4 Å². The lowest BCUT2D eigenvalue weighted by atomic mass is 9.85. The fraction of sp³-hybridized carbons (Fsp3) is 0.611. The molecule has 8 heteroatoms. The second-order valence-electron chi connectivity index (χ2n) is 7.46. The molecular formula is C18H27N7O. The van der Waals surface area contributed by atoms with Crippen molar-refractivity contribution in [1.29, 1.82) is 0 Å². The first-order valence-corrected chi connectivity index (χ1v) is 9.42. The van der Waals surface area contributed by atoms with Crippen molar-refractivity contribution in [1.82, 2.24) is 29.8 Å². The van der Waals surface area contributed by atoms with Crippen molar-refractivity contribution >= 4 is 11.7 Å². The maximum atomic E-state index is 13.4. The van der Waals surface area contributed by atoms with Crippen LogP contribution in [-0.2, 0) is 18.4 Å². The van der Waals surface area contributed by atoms with E-state index in [4.69, 9.17) is 0 Å². The summed E-state index contributed by atoms with van der Waals surface area (Å²) < 4.78 is 1.77. The molecule has 0 bridgehead atoms. The molecule has 0 atom stereocenters. The Morgan fingerprint density at radius 2 is 2.04 bits per heavy atom. The molecule has 0 aromatic carbocycles. The van der Waals surface area contributed by atoms with E-state index in [1.807, 2.05) is 36.6 Å². The summed E-state index contributed by atoms with van der Waals surface area (Å²) in [7, 11) is 1.90. The molecule has 2 aliphatic rings. The first-order valence-electron chi connectivity index (χ1n) is 9.42. The minimum atomic E-state index is -0.550. The van der Waals surface area contributed by atoms with Crippen LogP contribution < -0.4 is 5.32 Å². The number of nitrogens with zero attached hydrogens (tertiary/aromatic N) is 5. The van der Waals surface area contributed by atoms with Crippen LogP contribution in [0.3, 0.4) is 0 Å². The summed E-state index contributed by atoms with van der Waals surface area (Å²) >= 11 is 0. The van der Waals surface area contributed by atoms with E-state index < -0.39 is 5.54 Å². The van der Waals surface area contributed by atoms with Gasteiger partial charge in [-0.1, -0.05) is 0 Å². The predicted octanol–water partition coefficient (Wildman–Crippen LogP) is 1.21. The highest BCUT2D eigenvalue weighted by Gasteiger charge is 2.44. The van der Waals surface area contributed by atoms with Crippen molar-refractivity contribution in [3.8, 4) is 0 Å². The second kappa shape index (κ2) is 7.11. The zero-order chi connectivity index (χ0) is 18.0. The highest BCUT2D eigenvalue weighted by atomic mass is 16.2. The van der Waals surface area contributed by atoms with Crippen LogP contribution in [0.5, 0.6) is 0 Å². The number of nitrogens with one attached hydrogen (secondary N) is 2. The number of anilines is 1. The van der Waals surface area contributed by atoms with Gasteiger partial charge < -0.3 is 10.2 Å². The van der Waals surface area contributed by atoms with Crippen LogP contribution in [0.15, 0.2) is 24.7 Å². The van der Waals surface area contributed by atoms with Gasteiger partial charge in [0.05, 0.1) is 6.20 Å². The maximum Gasteiger partial charge on any atom is 0.248 e. The summed E-state index contributed by atoms with van der Waals surface area (Å²) in [5, 5.41) is 14.8. The van der Waals surface area contributed by atoms with Gasteiger partial charge in [0.15, 0.2) is 0 Å².